The Morgan fingerprint density at radius 1 is 0.545 bits per heavy atom. The molecule has 0 aliphatic carbocycles. The van der Waals surface area contributed by atoms with Crippen LogP contribution in [-0.2, 0) is 0 Å². The topological polar surface area (TPSA) is 24.7 Å². The van der Waals surface area contributed by atoms with Crippen molar-refractivity contribution in [2.75, 3.05) is 0 Å². The van der Waals surface area contributed by atoms with Crippen LogP contribution in [0.15, 0.2) is 118 Å². The summed E-state index contributed by atoms with van der Waals surface area (Å²) in [6, 6.07) is 34.1. The van der Waals surface area contributed by atoms with Crippen molar-refractivity contribution in [1.82, 2.24) is 0 Å². The van der Waals surface area contributed by atoms with E-state index in [9.17, 15) is 0 Å². The van der Waals surface area contributed by atoms with Crippen LogP contribution in [0.5, 0.6) is 0 Å². The number of hydrogen-bond acceptors (Lipinski definition) is 2. The van der Waals surface area contributed by atoms with Crippen molar-refractivity contribution in [3.8, 4) is 0 Å². The molecule has 1 heterocycles. The van der Waals surface area contributed by atoms with Gasteiger partial charge in [0.05, 0.1) is 5.71 Å². The van der Waals surface area contributed by atoms with E-state index in [1.54, 1.807) is 0 Å². The second-order valence-electron chi connectivity index (χ2n) is 8.28. The molecule has 0 radical (unpaired) electrons. The highest BCUT2D eigenvalue weighted by atomic mass is 35.5. The van der Waals surface area contributed by atoms with Crippen LogP contribution < -0.4 is 0 Å². The molecule has 0 aromatic heterocycles. The van der Waals surface area contributed by atoms with E-state index in [2.05, 4.69) is 71.7 Å². The number of fused-ring (bicyclic) bond motifs is 6. The van der Waals surface area contributed by atoms with E-state index in [-0.39, 0.29) is 0 Å². The fourth-order valence-electron chi connectivity index (χ4n) is 4.70. The highest BCUT2D eigenvalue weighted by molar-refractivity contribution is 6.31. The van der Waals surface area contributed by atoms with Gasteiger partial charge in [0.2, 0.25) is 0 Å². The van der Waals surface area contributed by atoms with Crippen molar-refractivity contribution in [2.45, 2.75) is 12.8 Å². The second kappa shape index (κ2) is 8.31. The van der Waals surface area contributed by atoms with Gasteiger partial charge >= 0.3 is 0 Å². The Balaban J connectivity index is 1.58. The average Bonchev–Trinajstić information content (AvgIpc) is 2.86. The third-order valence-electron chi connectivity index (χ3n) is 6.26. The molecule has 0 unspecified atom stereocenters. The smallest absolute Gasteiger partial charge is 0.161 e. The van der Waals surface area contributed by atoms with Gasteiger partial charge in [-0.2, -0.15) is 0 Å². The lowest BCUT2D eigenvalue weighted by molar-refractivity contribution is 1.07. The summed E-state index contributed by atoms with van der Waals surface area (Å²) in [7, 11) is 0. The Morgan fingerprint density at radius 2 is 1.12 bits per heavy atom. The Labute approximate surface area is 197 Å². The fraction of sp³-hybridized carbons (Fsp3) is 0.0667. The van der Waals surface area contributed by atoms with Gasteiger partial charge in [-0.1, -0.05) is 103 Å². The average molecular weight is 445 g/mol. The summed E-state index contributed by atoms with van der Waals surface area (Å²) in [5.74, 6) is 0.648. The van der Waals surface area contributed by atoms with Crippen LogP contribution in [0.4, 0.5) is 0 Å². The minimum atomic E-state index is 0.493. The quantitative estimate of drug-likeness (QED) is 0.193. The Bertz CT molecular complexity index is 1580. The van der Waals surface area contributed by atoms with E-state index in [0.717, 1.165) is 29.7 Å². The molecule has 0 bridgehead atoms. The molecule has 6 rings (SSSR count). The highest BCUT2D eigenvalue weighted by Crippen LogP contribution is 2.35. The first-order valence-electron chi connectivity index (χ1n) is 11.2. The first kappa shape index (κ1) is 19.9. The number of rotatable bonds is 2. The van der Waals surface area contributed by atoms with E-state index < -0.39 is 0 Å². The third-order valence-corrected chi connectivity index (χ3v) is 6.50. The van der Waals surface area contributed by atoms with Gasteiger partial charge in [0, 0.05) is 5.56 Å². The fourth-order valence-corrected chi connectivity index (χ4v) is 4.89. The summed E-state index contributed by atoms with van der Waals surface area (Å²) in [6.07, 6.45) is 3.59. The van der Waals surface area contributed by atoms with Gasteiger partial charge in [0.25, 0.3) is 0 Å². The number of allylic oxidation sites excluding steroid dienone is 1. The van der Waals surface area contributed by atoms with Crippen LogP contribution in [0, 0.1) is 0 Å². The summed E-state index contributed by atoms with van der Waals surface area (Å²) in [4.78, 5) is 9.61. The van der Waals surface area contributed by atoms with Gasteiger partial charge in [0.15, 0.2) is 5.84 Å². The van der Waals surface area contributed by atoms with E-state index in [0.29, 0.717) is 11.0 Å². The lowest BCUT2D eigenvalue weighted by atomic mass is 9.92. The van der Waals surface area contributed by atoms with Crippen molar-refractivity contribution in [1.29, 1.82) is 0 Å². The molecule has 5 aromatic rings. The zero-order chi connectivity index (χ0) is 22.2. The first-order valence-corrected chi connectivity index (χ1v) is 11.6. The Hall–Kier alpha value is -3.75. The molecule has 158 valence electrons. The van der Waals surface area contributed by atoms with E-state index in [1.807, 2.05) is 36.4 Å². The molecule has 0 amide bonds. The molecule has 3 heteroatoms. The molecule has 1 aliphatic heterocycles. The number of halogens is 1. The van der Waals surface area contributed by atoms with E-state index >= 15 is 0 Å². The number of nitrogens with zero attached hydrogens (tertiary/aromatic N) is 2. The lowest BCUT2D eigenvalue weighted by Crippen LogP contribution is -2.08. The van der Waals surface area contributed by atoms with Crippen LogP contribution >= 0.6 is 11.6 Å². The molecule has 0 spiro atoms. The molecule has 5 aromatic carbocycles. The summed E-state index contributed by atoms with van der Waals surface area (Å²) >= 11 is 6.34. The molecular formula is C30H21ClN2. The molecule has 33 heavy (non-hydrogen) atoms. The molecule has 0 fully saturated rings. The molecule has 0 saturated heterocycles. The van der Waals surface area contributed by atoms with Crippen LogP contribution in [0.3, 0.4) is 0 Å². The minimum Gasteiger partial charge on any atom is -0.232 e. The van der Waals surface area contributed by atoms with Crippen molar-refractivity contribution in [3.63, 3.8) is 0 Å². The molecule has 0 saturated carbocycles. The van der Waals surface area contributed by atoms with Crippen molar-refractivity contribution < 1.29 is 0 Å². The predicted molar refractivity (Wildman–Crippen MR) is 142 cm³/mol. The van der Waals surface area contributed by atoms with E-state index in [1.165, 1.54) is 32.3 Å². The van der Waals surface area contributed by atoms with Crippen LogP contribution in [0.1, 0.15) is 24.0 Å². The monoisotopic (exact) mass is 444 g/mol. The summed E-state index contributed by atoms with van der Waals surface area (Å²) in [6.45, 7) is 0. The van der Waals surface area contributed by atoms with Gasteiger partial charge in [0.1, 0.15) is 5.16 Å². The van der Waals surface area contributed by atoms with Crippen LogP contribution in [0.2, 0.25) is 0 Å². The number of amidine groups is 1. The largest absolute Gasteiger partial charge is 0.232 e. The SMILES string of the molecule is ClC1=C/CC/C(c2ccc3c4ccccc4c4ccccc4c3c2)=N/C(c2ccccc2)=N\1. The molecular weight excluding hydrogens is 424 g/mol. The summed E-state index contributed by atoms with van der Waals surface area (Å²) < 4.78 is 0. The molecule has 0 N–H and O–H groups in total. The van der Waals surface area contributed by atoms with Gasteiger partial charge in [-0.3, -0.25) is 0 Å². The zero-order valence-electron chi connectivity index (χ0n) is 18.0. The lowest BCUT2D eigenvalue weighted by Gasteiger charge is -2.14. The van der Waals surface area contributed by atoms with Crippen LogP contribution in [0.25, 0.3) is 32.3 Å². The number of benzene rings is 5. The predicted octanol–water partition coefficient (Wildman–Crippen LogP) is 8.26. The minimum absolute atomic E-state index is 0.493. The van der Waals surface area contributed by atoms with E-state index in [4.69, 9.17) is 16.6 Å². The highest BCUT2D eigenvalue weighted by Gasteiger charge is 2.14. The zero-order valence-corrected chi connectivity index (χ0v) is 18.8. The van der Waals surface area contributed by atoms with Gasteiger partial charge in [-0.25, -0.2) is 9.98 Å². The third kappa shape index (κ3) is 3.63. The maximum absolute atomic E-state index is 6.34. The van der Waals surface area contributed by atoms with Gasteiger partial charge in [-0.15, -0.1) is 0 Å². The maximum atomic E-state index is 6.34. The molecule has 2 nitrogen and oxygen atoms in total. The summed E-state index contributed by atoms with van der Waals surface area (Å²) in [5.41, 5.74) is 3.11. The Morgan fingerprint density at radius 3 is 1.79 bits per heavy atom. The Kier molecular flexibility index (Phi) is 5.01. The van der Waals surface area contributed by atoms with Gasteiger partial charge in [-0.05, 0) is 62.9 Å². The number of hydrogen-bond donors (Lipinski definition) is 0. The van der Waals surface area contributed by atoms with Crippen molar-refractivity contribution >= 4 is 55.5 Å². The second-order valence-corrected chi connectivity index (χ2v) is 8.66. The standard InChI is InChI=1S/C30H21ClN2/c31-29-16-8-15-28(32-30(33-29)20-9-2-1-3-10-20)21-17-18-26-24-13-5-4-11-22(24)23-12-6-7-14-25(23)27(26)19-21/h1-7,9-14,16-19H,8,15H2/b29-16-,32-28-,33-30-. The van der Waals surface area contributed by atoms with Crippen molar-refractivity contribution in [3.05, 3.63) is 119 Å². The number of aliphatic imine (C=N–C) groups is 2. The van der Waals surface area contributed by atoms with Crippen molar-refractivity contribution in [2.24, 2.45) is 9.98 Å². The van der Waals surface area contributed by atoms with Crippen LogP contribution in [-0.4, -0.2) is 11.5 Å². The maximum Gasteiger partial charge on any atom is 0.161 e. The summed E-state index contributed by atoms with van der Waals surface area (Å²) in [5, 5.41) is 8.11. The van der Waals surface area contributed by atoms with Gasteiger partial charge < -0.3 is 0 Å². The normalized spacial score (nSPS) is 19.2. The first-order chi connectivity index (χ1) is 16.3. The molecule has 1 aliphatic rings. The molecule has 0 atom stereocenters.